The minimum atomic E-state index is -0.425. The van der Waals surface area contributed by atoms with E-state index in [4.69, 9.17) is 4.74 Å². The molecule has 0 aliphatic heterocycles. The van der Waals surface area contributed by atoms with E-state index in [-0.39, 0.29) is 12.1 Å². The third-order valence-electron chi connectivity index (χ3n) is 3.15. The summed E-state index contributed by atoms with van der Waals surface area (Å²) in [6.45, 7) is 11.5. The second-order valence-electron chi connectivity index (χ2n) is 6.46. The molecular weight excluding hydrogens is 238 g/mol. The predicted octanol–water partition coefficient (Wildman–Crippen LogP) is 4.20. The standard InChI is InChI=1S/C16H27NO2/c1-12(2)6-7-13-8-10-14(11-9-13)17-15(18)19-16(3,4)5/h6-7,13-14H,1,8-11H2,2-5H3,(H,17,18)/b7-6+/t13-,14-. The van der Waals surface area contributed by atoms with Gasteiger partial charge in [-0.15, -0.1) is 0 Å². The van der Waals surface area contributed by atoms with Crippen molar-refractivity contribution in [1.82, 2.24) is 5.32 Å². The van der Waals surface area contributed by atoms with E-state index in [9.17, 15) is 4.79 Å². The fraction of sp³-hybridized carbons (Fsp3) is 0.688. The second-order valence-corrected chi connectivity index (χ2v) is 6.46. The maximum absolute atomic E-state index is 11.7. The lowest BCUT2D eigenvalue weighted by Gasteiger charge is -2.28. The smallest absolute Gasteiger partial charge is 0.407 e. The van der Waals surface area contributed by atoms with E-state index in [2.05, 4.69) is 24.0 Å². The largest absolute Gasteiger partial charge is 0.444 e. The van der Waals surface area contributed by atoms with Gasteiger partial charge in [0.2, 0.25) is 0 Å². The number of alkyl carbamates (subject to hydrolysis) is 1. The van der Waals surface area contributed by atoms with Crippen molar-refractivity contribution in [3.05, 3.63) is 24.3 Å². The van der Waals surface area contributed by atoms with Crippen molar-refractivity contribution in [2.45, 2.75) is 65.0 Å². The van der Waals surface area contributed by atoms with E-state index < -0.39 is 5.60 Å². The normalized spacial score (nSPS) is 24.2. The first-order chi connectivity index (χ1) is 8.76. The van der Waals surface area contributed by atoms with Gasteiger partial charge in [0.05, 0.1) is 0 Å². The summed E-state index contributed by atoms with van der Waals surface area (Å²) in [5.41, 5.74) is 0.667. The third kappa shape index (κ3) is 7.04. The molecule has 1 fully saturated rings. The molecule has 1 saturated carbocycles. The number of ether oxygens (including phenoxy) is 1. The zero-order valence-electron chi connectivity index (χ0n) is 12.7. The van der Waals surface area contributed by atoms with Crippen LogP contribution >= 0.6 is 0 Å². The van der Waals surface area contributed by atoms with Crippen molar-refractivity contribution in [3.8, 4) is 0 Å². The summed E-state index contributed by atoms with van der Waals surface area (Å²) in [6.07, 6.45) is 8.30. The van der Waals surface area contributed by atoms with E-state index in [0.29, 0.717) is 5.92 Å². The molecular formula is C16H27NO2. The number of carbonyl (C=O) groups excluding carboxylic acids is 1. The van der Waals surface area contributed by atoms with Crippen LogP contribution in [0.4, 0.5) is 4.79 Å². The Kier molecular flexibility index (Phi) is 5.64. The molecule has 0 saturated heterocycles. The van der Waals surface area contributed by atoms with Crippen LogP contribution in [0.1, 0.15) is 53.4 Å². The van der Waals surface area contributed by atoms with Gasteiger partial charge in [-0.25, -0.2) is 4.79 Å². The average Bonchev–Trinajstić information content (AvgIpc) is 2.25. The quantitative estimate of drug-likeness (QED) is 0.777. The molecule has 1 aliphatic carbocycles. The van der Waals surface area contributed by atoms with Crippen LogP contribution in [0.2, 0.25) is 0 Å². The summed E-state index contributed by atoms with van der Waals surface area (Å²) >= 11 is 0. The molecule has 0 unspecified atom stereocenters. The Morgan fingerprint density at radius 3 is 2.32 bits per heavy atom. The molecule has 1 rings (SSSR count). The monoisotopic (exact) mass is 265 g/mol. The van der Waals surface area contributed by atoms with Gasteiger partial charge in [0.25, 0.3) is 0 Å². The Labute approximate surface area is 117 Å². The van der Waals surface area contributed by atoms with Gasteiger partial charge in [0, 0.05) is 6.04 Å². The molecule has 0 spiro atoms. The molecule has 0 aromatic heterocycles. The fourth-order valence-electron chi connectivity index (χ4n) is 2.23. The molecule has 1 amide bonds. The number of nitrogens with one attached hydrogen (secondary N) is 1. The molecule has 0 bridgehead atoms. The summed E-state index contributed by atoms with van der Waals surface area (Å²) in [5, 5.41) is 2.96. The maximum Gasteiger partial charge on any atom is 0.407 e. The second kappa shape index (κ2) is 6.78. The summed E-state index contributed by atoms with van der Waals surface area (Å²) in [6, 6.07) is 0.254. The molecule has 1 N–H and O–H groups in total. The Morgan fingerprint density at radius 2 is 1.84 bits per heavy atom. The number of hydrogen-bond acceptors (Lipinski definition) is 2. The molecule has 0 aromatic carbocycles. The van der Waals surface area contributed by atoms with Crippen LogP contribution in [0.5, 0.6) is 0 Å². The highest BCUT2D eigenvalue weighted by Crippen LogP contribution is 2.25. The third-order valence-corrected chi connectivity index (χ3v) is 3.15. The summed E-state index contributed by atoms with van der Waals surface area (Å²) in [5.74, 6) is 0.619. The van der Waals surface area contributed by atoms with Gasteiger partial charge in [-0.3, -0.25) is 0 Å². The van der Waals surface area contributed by atoms with Crippen molar-refractivity contribution in [2.75, 3.05) is 0 Å². The van der Waals surface area contributed by atoms with Crippen LogP contribution in [0.3, 0.4) is 0 Å². The number of carbonyl (C=O) groups is 1. The van der Waals surface area contributed by atoms with E-state index >= 15 is 0 Å². The van der Waals surface area contributed by atoms with E-state index in [1.807, 2.05) is 27.7 Å². The van der Waals surface area contributed by atoms with Crippen LogP contribution in [0, 0.1) is 5.92 Å². The molecule has 0 aromatic rings. The van der Waals surface area contributed by atoms with Crippen LogP contribution in [-0.4, -0.2) is 17.7 Å². The van der Waals surface area contributed by atoms with Gasteiger partial charge < -0.3 is 10.1 Å². The number of amides is 1. The highest BCUT2D eigenvalue weighted by molar-refractivity contribution is 5.68. The molecule has 108 valence electrons. The molecule has 3 nitrogen and oxygen atoms in total. The summed E-state index contributed by atoms with van der Waals surface area (Å²) in [4.78, 5) is 11.7. The lowest BCUT2D eigenvalue weighted by atomic mass is 9.85. The first-order valence-corrected chi connectivity index (χ1v) is 7.09. The van der Waals surface area contributed by atoms with Crippen LogP contribution in [0.15, 0.2) is 24.3 Å². The van der Waals surface area contributed by atoms with E-state index in [1.54, 1.807) is 0 Å². The summed E-state index contributed by atoms with van der Waals surface area (Å²) in [7, 11) is 0. The highest BCUT2D eigenvalue weighted by atomic mass is 16.6. The first-order valence-electron chi connectivity index (χ1n) is 7.09. The molecule has 0 heterocycles. The van der Waals surface area contributed by atoms with Crippen LogP contribution < -0.4 is 5.32 Å². The average molecular weight is 265 g/mol. The predicted molar refractivity (Wildman–Crippen MR) is 79.1 cm³/mol. The Morgan fingerprint density at radius 1 is 1.26 bits per heavy atom. The van der Waals surface area contributed by atoms with Gasteiger partial charge in [-0.2, -0.15) is 0 Å². The number of hydrogen-bond donors (Lipinski definition) is 1. The molecule has 3 heteroatoms. The van der Waals surface area contributed by atoms with Crippen molar-refractivity contribution in [2.24, 2.45) is 5.92 Å². The SMILES string of the molecule is C=C(C)/C=C/[C@H]1CC[C@H](NC(=O)OC(C)(C)C)CC1. The minimum Gasteiger partial charge on any atom is -0.444 e. The molecule has 1 aliphatic rings. The van der Waals surface area contributed by atoms with Gasteiger partial charge >= 0.3 is 6.09 Å². The fourth-order valence-corrected chi connectivity index (χ4v) is 2.23. The van der Waals surface area contributed by atoms with E-state index in [0.717, 1.165) is 31.3 Å². The van der Waals surface area contributed by atoms with Crippen molar-refractivity contribution in [1.29, 1.82) is 0 Å². The van der Waals surface area contributed by atoms with Crippen LogP contribution in [0.25, 0.3) is 0 Å². The lowest BCUT2D eigenvalue weighted by Crippen LogP contribution is -2.40. The Balaban J connectivity index is 2.30. The number of rotatable bonds is 3. The van der Waals surface area contributed by atoms with Crippen molar-refractivity contribution >= 4 is 6.09 Å². The van der Waals surface area contributed by atoms with Gasteiger partial charge in [0.1, 0.15) is 5.60 Å². The van der Waals surface area contributed by atoms with Gasteiger partial charge in [-0.05, 0) is 59.3 Å². The molecule has 19 heavy (non-hydrogen) atoms. The highest BCUT2D eigenvalue weighted by Gasteiger charge is 2.23. The zero-order valence-corrected chi connectivity index (χ0v) is 12.7. The minimum absolute atomic E-state index is 0.254. The Hall–Kier alpha value is -1.25. The van der Waals surface area contributed by atoms with Crippen molar-refractivity contribution in [3.63, 3.8) is 0 Å². The zero-order chi connectivity index (χ0) is 14.5. The Bertz CT molecular complexity index is 344. The topological polar surface area (TPSA) is 38.3 Å². The first kappa shape index (κ1) is 15.8. The van der Waals surface area contributed by atoms with Gasteiger partial charge in [0.15, 0.2) is 0 Å². The molecule has 0 radical (unpaired) electrons. The lowest BCUT2D eigenvalue weighted by molar-refractivity contribution is 0.0490. The maximum atomic E-state index is 11.7. The van der Waals surface area contributed by atoms with Crippen molar-refractivity contribution < 1.29 is 9.53 Å². The number of allylic oxidation sites excluding steroid dienone is 3. The van der Waals surface area contributed by atoms with E-state index in [1.165, 1.54) is 0 Å². The van der Waals surface area contributed by atoms with Crippen LogP contribution in [-0.2, 0) is 4.74 Å². The van der Waals surface area contributed by atoms with Gasteiger partial charge in [-0.1, -0.05) is 24.3 Å². The molecule has 0 atom stereocenters. The summed E-state index contributed by atoms with van der Waals surface area (Å²) < 4.78 is 5.27.